The summed E-state index contributed by atoms with van der Waals surface area (Å²) in [6.45, 7) is 4.62. The van der Waals surface area contributed by atoms with E-state index in [0.717, 1.165) is 24.9 Å². The fourth-order valence-corrected chi connectivity index (χ4v) is 6.63. The van der Waals surface area contributed by atoms with E-state index in [2.05, 4.69) is 16.5 Å². The number of fused-ring (bicyclic) bond motifs is 1. The van der Waals surface area contributed by atoms with Crippen molar-refractivity contribution in [2.45, 2.75) is 55.7 Å². The number of aliphatic carboxylic acids is 1. The Morgan fingerprint density at radius 3 is 2.58 bits per heavy atom. The zero-order chi connectivity index (χ0) is 24.1. The summed E-state index contributed by atoms with van der Waals surface area (Å²) in [5.41, 5.74) is 1.50. The van der Waals surface area contributed by atoms with E-state index in [1.165, 1.54) is 11.8 Å². The van der Waals surface area contributed by atoms with Crippen molar-refractivity contribution >= 4 is 39.1 Å². The number of rotatable bonds is 10. The zero-order valence-electron chi connectivity index (χ0n) is 19.3. The van der Waals surface area contributed by atoms with Crippen LogP contribution in [0.4, 0.5) is 11.4 Å². The Hall–Kier alpha value is -2.23. The van der Waals surface area contributed by atoms with Crippen molar-refractivity contribution < 1.29 is 23.1 Å². The van der Waals surface area contributed by atoms with E-state index < -0.39 is 21.5 Å². The van der Waals surface area contributed by atoms with Gasteiger partial charge in [-0.05, 0) is 31.0 Å². The minimum absolute atomic E-state index is 0.0721. The molecule has 0 saturated carbocycles. The van der Waals surface area contributed by atoms with Crippen LogP contribution < -0.4 is 14.4 Å². The van der Waals surface area contributed by atoms with E-state index in [9.17, 15) is 13.2 Å². The number of benzene rings is 2. The minimum atomic E-state index is -3.83. The second-order valence-corrected chi connectivity index (χ2v) is 10.9. The third-order valence-corrected chi connectivity index (χ3v) is 8.56. The minimum Gasteiger partial charge on any atom is -0.496 e. The molecule has 1 aliphatic heterocycles. The predicted octanol–water partition coefficient (Wildman–Crippen LogP) is 4.78. The average Bonchev–Trinajstić information content (AvgIpc) is 2.90. The van der Waals surface area contributed by atoms with Crippen molar-refractivity contribution in [3.05, 3.63) is 48.0 Å². The summed E-state index contributed by atoms with van der Waals surface area (Å²) >= 11 is 1.20. The highest BCUT2D eigenvalue weighted by Gasteiger charge is 2.41. The number of hydrogen-bond acceptors (Lipinski definition) is 6. The van der Waals surface area contributed by atoms with Crippen molar-refractivity contribution in [1.82, 2.24) is 4.72 Å². The average molecular weight is 493 g/mol. The van der Waals surface area contributed by atoms with Crippen LogP contribution in [0.25, 0.3) is 0 Å². The summed E-state index contributed by atoms with van der Waals surface area (Å²) in [4.78, 5) is 13.2. The van der Waals surface area contributed by atoms with Gasteiger partial charge in [-0.2, -0.15) is 0 Å². The van der Waals surface area contributed by atoms with Crippen molar-refractivity contribution in [1.29, 1.82) is 0 Å². The normalized spacial score (nSPS) is 19.5. The van der Waals surface area contributed by atoms with E-state index in [1.54, 1.807) is 19.2 Å². The second-order valence-electron chi connectivity index (χ2n) is 8.28. The molecule has 0 saturated heterocycles. The number of methoxy groups -OCH3 is 1. The summed E-state index contributed by atoms with van der Waals surface area (Å²) in [5.74, 6) is -0.113. The lowest BCUT2D eigenvalue weighted by atomic mass is 9.89. The van der Waals surface area contributed by atoms with Crippen molar-refractivity contribution in [3.8, 4) is 5.75 Å². The number of ether oxygens (including phenoxy) is 1. The molecule has 2 aromatic carbocycles. The van der Waals surface area contributed by atoms with E-state index in [4.69, 9.17) is 9.84 Å². The summed E-state index contributed by atoms with van der Waals surface area (Å²) in [5, 5.41) is 8.98. The largest absolute Gasteiger partial charge is 0.496 e. The molecular formula is C24H32N2O5S2. The van der Waals surface area contributed by atoms with Gasteiger partial charge in [-0.15, -0.1) is 11.8 Å². The standard InChI is InChI=1S/C24H32N2O5S2/c1-4-6-12-24(5-2)17-26(19-10-8-7-9-11-19)20-14-21(31-3)18(15-32-16-23(27)28)13-22(20)33(29,30)25-24/h7-11,13-14,25H,4-6,12,15-17H2,1-3H3,(H,27,28)/t24-/m1/s1. The van der Waals surface area contributed by atoms with Gasteiger partial charge >= 0.3 is 5.97 Å². The number of carboxylic acid groups (broad SMARTS) is 1. The van der Waals surface area contributed by atoms with Crippen LogP contribution in [0, 0.1) is 0 Å². The number of sulfonamides is 1. The maximum Gasteiger partial charge on any atom is 0.313 e. The highest BCUT2D eigenvalue weighted by Crippen LogP contribution is 2.42. The van der Waals surface area contributed by atoms with Crippen LogP contribution in [-0.2, 0) is 20.6 Å². The second kappa shape index (κ2) is 10.8. The number of unbranched alkanes of at least 4 members (excludes halogenated alkanes) is 1. The number of thioether (sulfide) groups is 1. The number of hydrogen-bond donors (Lipinski definition) is 2. The first-order valence-corrected chi connectivity index (χ1v) is 13.8. The Morgan fingerprint density at radius 2 is 1.97 bits per heavy atom. The molecule has 0 radical (unpaired) electrons. The smallest absolute Gasteiger partial charge is 0.313 e. The maximum absolute atomic E-state index is 13.7. The fraction of sp³-hybridized carbons (Fsp3) is 0.458. The molecule has 2 N–H and O–H groups in total. The molecule has 0 spiro atoms. The van der Waals surface area contributed by atoms with Crippen LogP contribution in [0.5, 0.6) is 5.75 Å². The first-order chi connectivity index (χ1) is 15.7. The summed E-state index contributed by atoms with van der Waals surface area (Å²) in [7, 11) is -2.29. The van der Waals surface area contributed by atoms with Gasteiger partial charge in [0.1, 0.15) is 10.6 Å². The van der Waals surface area contributed by atoms with Crippen LogP contribution >= 0.6 is 11.8 Å². The molecule has 0 aromatic heterocycles. The molecule has 33 heavy (non-hydrogen) atoms. The Bertz CT molecular complexity index is 1080. The first kappa shape index (κ1) is 25.4. The van der Waals surface area contributed by atoms with Crippen molar-refractivity contribution in [2.24, 2.45) is 0 Å². The molecule has 180 valence electrons. The highest BCUT2D eigenvalue weighted by atomic mass is 32.2. The number of anilines is 2. The molecule has 0 aliphatic carbocycles. The Balaban J connectivity index is 2.18. The summed E-state index contributed by atoms with van der Waals surface area (Å²) in [6, 6.07) is 13.2. The fourth-order valence-electron chi connectivity index (χ4n) is 4.17. The lowest BCUT2D eigenvalue weighted by molar-refractivity contribution is -0.133. The van der Waals surface area contributed by atoms with Crippen LogP contribution in [-0.4, -0.2) is 44.4 Å². The number of carbonyl (C=O) groups is 1. The van der Waals surface area contributed by atoms with Gasteiger partial charge in [0.25, 0.3) is 0 Å². The SMILES string of the molecule is CCCC[C@]1(CC)CN(c2ccccc2)c2cc(OC)c(CSCC(=O)O)cc2S(=O)(=O)N1. The molecule has 1 heterocycles. The van der Waals surface area contributed by atoms with Gasteiger partial charge in [-0.3, -0.25) is 4.79 Å². The zero-order valence-corrected chi connectivity index (χ0v) is 21.0. The molecule has 7 nitrogen and oxygen atoms in total. The van der Waals surface area contributed by atoms with Gasteiger partial charge in [0.15, 0.2) is 0 Å². The maximum atomic E-state index is 13.7. The van der Waals surface area contributed by atoms with Crippen LogP contribution in [0.15, 0.2) is 47.4 Å². The number of nitrogens with one attached hydrogen (secondary N) is 1. The van der Waals surface area contributed by atoms with Gasteiger partial charge < -0.3 is 14.7 Å². The Morgan fingerprint density at radius 1 is 1.24 bits per heavy atom. The van der Waals surface area contributed by atoms with Gasteiger partial charge in [0, 0.05) is 29.6 Å². The molecule has 0 bridgehead atoms. The van der Waals surface area contributed by atoms with Crippen molar-refractivity contribution in [2.75, 3.05) is 24.3 Å². The molecule has 3 rings (SSSR count). The van der Waals surface area contributed by atoms with Crippen LogP contribution in [0.2, 0.25) is 0 Å². The molecule has 1 atom stereocenters. The molecule has 9 heteroatoms. The van der Waals surface area contributed by atoms with Gasteiger partial charge in [0.2, 0.25) is 10.0 Å². The number of nitrogens with zero attached hydrogens (tertiary/aromatic N) is 1. The quantitative estimate of drug-likeness (QED) is 0.493. The van der Waals surface area contributed by atoms with E-state index in [-0.39, 0.29) is 10.6 Å². The predicted molar refractivity (Wildman–Crippen MR) is 133 cm³/mol. The van der Waals surface area contributed by atoms with Crippen LogP contribution in [0.1, 0.15) is 45.1 Å². The van der Waals surface area contributed by atoms with Gasteiger partial charge in [-0.25, -0.2) is 13.1 Å². The van der Waals surface area contributed by atoms with Gasteiger partial charge in [0.05, 0.1) is 24.1 Å². The lowest BCUT2D eigenvalue weighted by Gasteiger charge is -2.36. The number of para-hydroxylation sites is 1. The molecule has 0 unspecified atom stereocenters. The molecule has 0 fully saturated rings. The molecule has 2 aromatic rings. The van der Waals surface area contributed by atoms with Crippen LogP contribution in [0.3, 0.4) is 0 Å². The third kappa shape index (κ3) is 5.83. The summed E-state index contributed by atoms with van der Waals surface area (Å²) in [6.07, 6.45) is 3.27. The molecule has 1 aliphatic rings. The van der Waals surface area contributed by atoms with E-state index >= 15 is 0 Å². The summed E-state index contributed by atoms with van der Waals surface area (Å²) < 4.78 is 36.0. The van der Waals surface area contributed by atoms with E-state index in [0.29, 0.717) is 35.7 Å². The molecular weight excluding hydrogens is 460 g/mol. The topological polar surface area (TPSA) is 95.9 Å². The first-order valence-electron chi connectivity index (χ1n) is 11.1. The monoisotopic (exact) mass is 492 g/mol. The van der Waals surface area contributed by atoms with E-state index in [1.807, 2.05) is 37.3 Å². The number of carboxylic acids is 1. The van der Waals surface area contributed by atoms with Gasteiger partial charge in [-0.1, -0.05) is 44.9 Å². The Kier molecular flexibility index (Phi) is 8.31. The lowest BCUT2D eigenvalue weighted by Crippen LogP contribution is -2.52. The van der Waals surface area contributed by atoms with Crippen molar-refractivity contribution in [3.63, 3.8) is 0 Å². The third-order valence-electron chi connectivity index (χ3n) is 5.99. The highest BCUT2D eigenvalue weighted by molar-refractivity contribution is 7.99. The Labute approximate surface area is 200 Å². The molecule has 0 amide bonds.